The molecule has 8 nitrogen and oxygen atoms in total. The van der Waals surface area contributed by atoms with E-state index in [1.807, 2.05) is 53.4 Å². The van der Waals surface area contributed by atoms with Crippen LogP contribution in [0, 0.1) is 0 Å². The van der Waals surface area contributed by atoms with Crippen molar-refractivity contribution in [2.45, 2.75) is 0 Å². The first-order valence-corrected chi connectivity index (χ1v) is 11.0. The highest BCUT2D eigenvalue weighted by Gasteiger charge is 2.25. The number of carbonyl (C=O) groups is 1. The van der Waals surface area contributed by atoms with Gasteiger partial charge in [0.15, 0.2) is 0 Å². The van der Waals surface area contributed by atoms with Crippen LogP contribution >= 0.6 is 11.6 Å². The van der Waals surface area contributed by atoms with E-state index < -0.39 is 0 Å². The van der Waals surface area contributed by atoms with Crippen LogP contribution < -0.4 is 10.5 Å². The Morgan fingerprint density at radius 3 is 2.12 bits per heavy atom. The van der Waals surface area contributed by atoms with Crippen LogP contribution in [0.25, 0.3) is 11.4 Å². The van der Waals surface area contributed by atoms with Crippen molar-refractivity contribution in [3.63, 3.8) is 0 Å². The van der Waals surface area contributed by atoms with Crippen LogP contribution in [0.4, 0.5) is 5.69 Å². The van der Waals surface area contributed by atoms with Gasteiger partial charge < -0.3 is 9.80 Å². The molecule has 3 heterocycles. The zero-order valence-electron chi connectivity index (χ0n) is 17.7. The summed E-state index contributed by atoms with van der Waals surface area (Å²) < 4.78 is 2.98. The largest absolute Gasteiger partial charge is 0.365 e. The summed E-state index contributed by atoms with van der Waals surface area (Å²) in [7, 11) is 0. The number of hydrogen-bond acceptors (Lipinski definition) is 5. The van der Waals surface area contributed by atoms with Crippen LogP contribution in [-0.4, -0.2) is 56.5 Å². The predicted octanol–water partition coefficient (Wildman–Crippen LogP) is 3.03. The third-order valence-electron chi connectivity index (χ3n) is 5.66. The number of carbonyl (C=O) groups excluding carboxylic acids is 1. The van der Waals surface area contributed by atoms with E-state index >= 15 is 0 Å². The van der Waals surface area contributed by atoms with Gasteiger partial charge in [-0.2, -0.15) is 14.9 Å². The Bertz CT molecular complexity index is 1330. The first-order chi connectivity index (χ1) is 16.1. The third kappa shape index (κ3) is 4.12. The van der Waals surface area contributed by atoms with Gasteiger partial charge in [-0.3, -0.25) is 9.59 Å². The number of halogens is 1. The molecule has 9 heteroatoms. The fourth-order valence-corrected chi connectivity index (χ4v) is 4.13. The van der Waals surface area contributed by atoms with Crippen LogP contribution in [-0.2, 0) is 0 Å². The number of aromatic nitrogens is 4. The zero-order chi connectivity index (χ0) is 22.8. The average molecular weight is 461 g/mol. The molecule has 1 aliphatic heterocycles. The third-order valence-corrected chi connectivity index (χ3v) is 6.01. The van der Waals surface area contributed by atoms with E-state index in [2.05, 4.69) is 10.2 Å². The molecular weight excluding hydrogens is 440 g/mol. The number of para-hydroxylation sites is 2. The minimum atomic E-state index is -0.368. The van der Waals surface area contributed by atoms with Gasteiger partial charge in [0, 0.05) is 32.4 Å². The molecule has 0 unspecified atom stereocenters. The molecule has 0 saturated carbocycles. The second-order valence-corrected chi connectivity index (χ2v) is 8.06. The Kier molecular flexibility index (Phi) is 5.66. The Morgan fingerprint density at radius 1 is 0.818 bits per heavy atom. The zero-order valence-corrected chi connectivity index (χ0v) is 18.5. The number of piperazine rings is 1. The molecule has 2 aromatic carbocycles. The number of anilines is 1. The predicted molar refractivity (Wildman–Crippen MR) is 127 cm³/mol. The lowest BCUT2D eigenvalue weighted by atomic mass is 10.2. The smallest absolute Gasteiger partial charge is 0.292 e. The first kappa shape index (κ1) is 21.0. The van der Waals surface area contributed by atoms with Gasteiger partial charge in [-0.15, -0.1) is 0 Å². The summed E-state index contributed by atoms with van der Waals surface area (Å²) >= 11 is 6.43. The van der Waals surface area contributed by atoms with Crippen molar-refractivity contribution in [3.8, 4) is 11.4 Å². The van der Waals surface area contributed by atoms with Crippen molar-refractivity contribution >= 4 is 23.2 Å². The molecule has 4 aromatic rings. The topological polar surface area (TPSA) is 76.3 Å². The molecule has 2 aromatic heterocycles. The molecule has 1 aliphatic rings. The second-order valence-electron chi connectivity index (χ2n) is 7.68. The molecular formula is C24H21ClN6O2. The van der Waals surface area contributed by atoms with Gasteiger partial charge >= 0.3 is 0 Å². The van der Waals surface area contributed by atoms with Gasteiger partial charge in [-0.05, 0) is 24.3 Å². The maximum atomic E-state index is 13.0. The maximum Gasteiger partial charge on any atom is 0.292 e. The fraction of sp³-hybridized carbons (Fsp3) is 0.167. The number of nitrogens with zero attached hydrogens (tertiary/aromatic N) is 6. The lowest BCUT2D eigenvalue weighted by molar-refractivity contribution is 0.0746. The number of hydrogen-bond donors (Lipinski definition) is 0. The van der Waals surface area contributed by atoms with Crippen molar-refractivity contribution in [2.75, 3.05) is 31.1 Å². The van der Waals surface area contributed by atoms with Crippen LogP contribution in [0.15, 0.2) is 84.0 Å². The summed E-state index contributed by atoms with van der Waals surface area (Å²) in [6.07, 6.45) is 4.94. The van der Waals surface area contributed by atoms with Gasteiger partial charge in [0.25, 0.3) is 11.5 Å². The van der Waals surface area contributed by atoms with Crippen molar-refractivity contribution in [3.05, 3.63) is 100 Å². The molecule has 0 atom stereocenters. The van der Waals surface area contributed by atoms with Gasteiger partial charge in [0.1, 0.15) is 5.02 Å². The molecule has 166 valence electrons. The molecule has 33 heavy (non-hydrogen) atoms. The molecule has 0 spiro atoms. The van der Waals surface area contributed by atoms with Crippen LogP contribution in [0.3, 0.4) is 0 Å². The lowest BCUT2D eigenvalue weighted by Crippen LogP contribution is -2.49. The molecule has 0 bridgehead atoms. The second kappa shape index (κ2) is 8.91. The average Bonchev–Trinajstić information content (AvgIpc) is 3.37. The number of rotatable bonds is 4. The van der Waals surface area contributed by atoms with Crippen molar-refractivity contribution in [1.82, 2.24) is 24.5 Å². The van der Waals surface area contributed by atoms with Crippen LogP contribution in [0.5, 0.6) is 0 Å². The van der Waals surface area contributed by atoms with E-state index in [1.54, 1.807) is 40.3 Å². The summed E-state index contributed by atoms with van der Waals surface area (Å²) in [5.74, 6) is -0.0689. The SMILES string of the molecule is O=C(c1cnn(-c2ccccc2)c1)N1CCN(c2cnn(-c3ccccc3)c(=O)c2Cl)CC1. The van der Waals surface area contributed by atoms with E-state index in [4.69, 9.17) is 11.6 Å². The summed E-state index contributed by atoms with van der Waals surface area (Å²) in [5.41, 5.74) is 2.30. The molecule has 0 radical (unpaired) electrons. The molecule has 1 fully saturated rings. The van der Waals surface area contributed by atoms with Gasteiger partial charge in [0.05, 0.1) is 35.0 Å². The minimum absolute atomic E-state index is 0.0689. The molecule has 0 aliphatic carbocycles. The monoisotopic (exact) mass is 460 g/mol. The summed E-state index contributed by atoms with van der Waals surface area (Å²) in [4.78, 5) is 29.5. The quantitative estimate of drug-likeness (QED) is 0.468. The summed E-state index contributed by atoms with van der Waals surface area (Å²) in [5, 5.41) is 8.74. The highest BCUT2D eigenvalue weighted by molar-refractivity contribution is 6.33. The van der Waals surface area contributed by atoms with E-state index in [0.29, 0.717) is 43.1 Å². The standard InChI is InChI=1S/C24H21ClN6O2/c25-22-21(16-27-31(24(22)33)20-9-5-2-6-10-20)28-11-13-29(14-12-28)23(32)18-15-26-30(17-18)19-7-3-1-4-8-19/h1-10,15-17H,11-14H2. The Morgan fingerprint density at radius 2 is 1.45 bits per heavy atom. The van der Waals surface area contributed by atoms with Gasteiger partial charge in [-0.25, -0.2) is 4.68 Å². The van der Waals surface area contributed by atoms with E-state index in [9.17, 15) is 9.59 Å². The molecule has 1 saturated heterocycles. The summed E-state index contributed by atoms with van der Waals surface area (Å²) in [6, 6.07) is 18.8. The highest BCUT2D eigenvalue weighted by Crippen LogP contribution is 2.23. The first-order valence-electron chi connectivity index (χ1n) is 10.6. The molecule has 1 amide bonds. The van der Waals surface area contributed by atoms with Gasteiger partial charge in [-0.1, -0.05) is 48.0 Å². The Labute approximate surface area is 195 Å². The van der Waals surface area contributed by atoms with Crippen molar-refractivity contribution < 1.29 is 4.79 Å². The highest BCUT2D eigenvalue weighted by atomic mass is 35.5. The van der Waals surface area contributed by atoms with E-state index in [0.717, 1.165) is 5.69 Å². The van der Waals surface area contributed by atoms with Crippen LogP contribution in [0.1, 0.15) is 10.4 Å². The maximum absolute atomic E-state index is 13.0. The molecule has 0 N–H and O–H groups in total. The Hall–Kier alpha value is -3.91. The van der Waals surface area contributed by atoms with Gasteiger partial charge in [0.2, 0.25) is 0 Å². The minimum Gasteiger partial charge on any atom is -0.365 e. The normalized spacial score (nSPS) is 13.8. The number of amides is 1. The Balaban J connectivity index is 1.28. The van der Waals surface area contributed by atoms with E-state index in [-0.39, 0.29) is 16.5 Å². The fourth-order valence-electron chi connectivity index (χ4n) is 3.89. The van der Waals surface area contributed by atoms with Crippen LogP contribution in [0.2, 0.25) is 5.02 Å². The number of benzene rings is 2. The summed E-state index contributed by atoms with van der Waals surface area (Å²) in [6.45, 7) is 2.12. The van der Waals surface area contributed by atoms with E-state index in [1.165, 1.54) is 4.68 Å². The molecule has 5 rings (SSSR count). The van der Waals surface area contributed by atoms with Crippen molar-refractivity contribution in [1.29, 1.82) is 0 Å². The van der Waals surface area contributed by atoms with Crippen molar-refractivity contribution in [2.24, 2.45) is 0 Å². The lowest BCUT2D eigenvalue weighted by Gasteiger charge is -2.36.